The first-order valence-electron chi connectivity index (χ1n) is 12.0. The molecule has 4 rings (SSSR count). The largest absolute Gasteiger partial charge is 0.488 e. The van der Waals surface area contributed by atoms with Gasteiger partial charge in [-0.15, -0.1) is 0 Å². The number of hydrogen-bond acceptors (Lipinski definition) is 3. The first-order valence-corrected chi connectivity index (χ1v) is 12.7. The topological polar surface area (TPSA) is 40.5 Å². The molecule has 0 N–H and O–H groups in total. The molecule has 0 saturated heterocycles. The molecule has 210 valence electrons. The number of alkyl halides is 6. The average molecular weight is 626 g/mol. The summed E-state index contributed by atoms with van der Waals surface area (Å²) >= 11 is 3.41. The van der Waals surface area contributed by atoms with Gasteiger partial charge in [0.1, 0.15) is 12.4 Å². The maximum atomic E-state index is 13.7. The summed E-state index contributed by atoms with van der Waals surface area (Å²) in [7, 11) is 0. The molecule has 0 fully saturated rings. The predicted octanol–water partition coefficient (Wildman–Crippen LogP) is 9.01. The quantitative estimate of drug-likeness (QED) is 0.152. The number of esters is 1. The molecule has 0 radical (unpaired) electrons. The second kappa shape index (κ2) is 11.4. The number of nitrogens with zero attached hydrogens (tertiary/aromatic N) is 1. The van der Waals surface area contributed by atoms with E-state index < -0.39 is 41.6 Å². The molecule has 0 bridgehead atoms. The highest BCUT2D eigenvalue weighted by Gasteiger charge is 2.38. The molecule has 1 aromatic heterocycles. The number of ether oxygens (including phenoxy) is 2. The molecule has 0 atom stereocenters. The zero-order chi connectivity index (χ0) is 29.2. The molecule has 40 heavy (non-hydrogen) atoms. The molecule has 4 aromatic rings. The number of rotatable bonds is 7. The van der Waals surface area contributed by atoms with E-state index in [1.54, 1.807) is 55.5 Å². The van der Waals surface area contributed by atoms with Crippen molar-refractivity contribution in [1.82, 2.24) is 4.57 Å². The van der Waals surface area contributed by atoms with Crippen LogP contribution in [0.25, 0.3) is 16.9 Å². The Bertz CT molecular complexity index is 1540. The van der Waals surface area contributed by atoms with Gasteiger partial charge in [0.25, 0.3) is 0 Å². The van der Waals surface area contributed by atoms with E-state index in [4.69, 9.17) is 9.47 Å². The molecule has 0 saturated carbocycles. The van der Waals surface area contributed by atoms with Gasteiger partial charge in [0.05, 0.1) is 29.0 Å². The maximum Gasteiger partial charge on any atom is 0.416 e. The minimum absolute atomic E-state index is 0.0895. The molecule has 0 unspecified atom stereocenters. The Kier molecular flexibility index (Phi) is 8.34. The molecular formula is C29H22BrF6NO3. The van der Waals surface area contributed by atoms with Crippen LogP contribution in [0.15, 0.2) is 77.3 Å². The van der Waals surface area contributed by atoms with Crippen molar-refractivity contribution in [1.29, 1.82) is 0 Å². The van der Waals surface area contributed by atoms with Gasteiger partial charge in [-0.25, -0.2) is 4.79 Å². The normalized spacial score (nSPS) is 11.9. The highest BCUT2D eigenvalue weighted by Crippen LogP contribution is 2.39. The lowest BCUT2D eigenvalue weighted by atomic mass is 10.0. The van der Waals surface area contributed by atoms with E-state index in [-0.39, 0.29) is 18.4 Å². The first kappa shape index (κ1) is 29.3. The lowest BCUT2D eigenvalue weighted by molar-refractivity contribution is -0.143. The van der Waals surface area contributed by atoms with Crippen molar-refractivity contribution < 1.29 is 40.6 Å². The van der Waals surface area contributed by atoms with Crippen LogP contribution in [0, 0.1) is 6.92 Å². The second-order valence-corrected chi connectivity index (χ2v) is 9.68. The van der Waals surface area contributed by atoms with E-state index in [9.17, 15) is 31.1 Å². The molecule has 1 heterocycles. The van der Waals surface area contributed by atoms with Crippen LogP contribution in [0.3, 0.4) is 0 Å². The number of carbonyl (C=O) groups excluding carboxylic acids is 1. The summed E-state index contributed by atoms with van der Waals surface area (Å²) in [5, 5.41) is 0. The van der Waals surface area contributed by atoms with Crippen molar-refractivity contribution >= 4 is 21.9 Å². The molecule has 3 aromatic carbocycles. The SMILES string of the molecule is CCOC(=O)c1cccc(-n2c(C)ccc2-c2cc(Br)ccc2OCc2ccc(C(F)(F)F)cc2C(F)(F)F)c1. The maximum absolute atomic E-state index is 13.7. The van der Waals surface area contributed by atoms with Crippen LogP contribution in [-0.2, 0) is 23.7 Å². The summed E-state index contributed by atoms with van der Waals surface area (Å²) < 4.78 is 93.6. The van der Waals surface area contributed by atoms with Gasteiger partial charge in [0.15, 0.2) is 0 Å². The molecule has 4 nitrogen and oxygen atoms in total. The van der Waals surface area contributed by atoms with E-state index in [0.717, 1.165) is 11.8 Å². The highest BCUT2D eigenvalue weighted by atomic mass is 79.9. The van der Waals surface area contributed by atoms with Gasteiger partial charge in [-0.1, -0.05) is 28.1 Å². The zero-order valence-electron chi connectivity index (χ0n) is 21.2. The Morgan fingerprint density at radius 2 is 1.65 bits per heavy atom. The number of halogens is 7. The van der Waals surface area contributed by atoms with Gasteiger partial charge in [0, 0.05) is 27.0 Å². The summed E-state index contributed by atoms with van der Waals surface area (Å²) in [5.74, 6) is -0.281. The molecule has 11 heteroatoms. The first-order chi connectivity index (χ1) is 18.8. The Balaban J connectivity index is 1.74. The lowest BCUT2D eigenvalue weighted by Gasteiger charge is -2.19. The van der Waals surface area contributed by atoms with Crippen LogP contribution in [0.5, 0.6) is 5.75 Å². The minimum Gasteiger partial charge on any atom is -0.488 e. The van der Waals surface area contributed by atoms with Gasteiger partial charge >= 0.3 is 18.3 Å². The summed E-state index contributed by atoms with van der Waals surface area (Å²) in [6.07, 6.45) is -9.94. The summed E-state index contributed by atoms with van der Waals surface area (Å²) in [4.78, 5) is 12.3. The molecular weight excluding hydrogens is 604 g/mol. The van der Waals surface area contributed by atoms with E-state index >= 15 is 0 Å². The Labute approximate surface area is 234 Å². The van der Waals surface area contributed by atoms with Crippen LogP contribution in [0.2, 0.25) is 0 Å². The lowest BCUT2D eigenvalue weighted by Crippen LogP contribution is -2.14. The predicted molar refractivity (Wildman–Crippen MR) is 140 cm³/mol. The number of benzene rings is 3. The van der Waals surface area contributed by atoms with E-state index in [0.29, 0.717) is 33.0 Å². The van der Waals surface area contributed by atoms with Gasteiger partial charge in [-0.05, 0) is 74.5 Å². The third-order valence-corrected chi connectivity index (χ3v) is 6.53. The van der Waals surface area contributed by atoms with Crippen LogP contribution in [-0.4, -0.2) is 17.1 Å². The Morgan fingerprint density at radius 3 is 2.33 bits per heavy atom. The number of aryl methyl sites for hydroxylation is 1. The summed E-state index contributed by atoms with van der Waals surface area (Å²) in [5.41, 5.74) is -0.376. The molecule has 0 aliphatic heterocycles. The van der Waals surface area contributed by atoms with E-state index in [1.807, 2.05) is 17.6 Å². The van der Waals surface area contributed by atoms with Gasteiger partial charge in [0.2, 0.25) is 0 Å². The number of hydrogen-bond donors (Lipinski definition) is 0. The fourth-order valence-electron chi connectivity index (χ4n) is 4.20. The monoisotopic (exact) mass is 625 g/mol. The molecule has 0 spiro atoms. The van der Waals surface area contributed by atoms with Crippen molar-refractivity contribution in [2.24, 2.45) is 0 Å². The third kappa shape index (κ3) is 6.35. The third-order valence-electron chi connectivity index (χ3n) is 6.03. The fraction of sp³-hybridized carbons (Fsp3) is 0.207. The van der Waals surface area contributed by atoms with Crippen LogP contribution in [0.1, 0.15) is 39.7 Å². The summed E-state index contributed by atoms with van der Waals surface area (Å²) in [6.45, 7) is 3.13. The van der Waals surface area contributed by atoms with Crippen LogP contribution >= 0.6 is 15.9 Å². The molecule has 0 aliphatic carbocycles. The smallest absolute Gasteiger partial charge is 0.416 e. The summed E-state index contributed by atoms with van der Waals surface area (Å²) in [6, 6.07) is 16.8. The van der Waals surface area contributed by atoms with Crippen LogP contribution < -0.4 is 4.74 Å². The van der Waals surface area contributed by atoms with E-state index in [1.165, 1.54) is 0 Å². The Morgan fingerprint density at radius 1 is 0.900 bits per heavy atom. The second-order valence-electron chi connectivity index (χ2n) is 8.76. The zero-order valence-corrected chi connectivity index (χ0v) is 22.7. The number of carbonyl (C=O) groups is 1. The minimum atomic E-state index is -5.02. The molecule has 0 aliphatic rings. The standard InChI is InChI=1S/C29H22BrF6NO3/c1-3-39-27(38)18-5-4-6-22(13-18)37-17(2)7-11-25(37)23-15-21(30)10-12-26(23)40-16-19-8-9-20(28(31,32)33)14-24(19)29(34,35)36/h4-15H,3,16H2,1-2H3. The van der Waals surface area contributed by atoms with Crippen molar-refractivity contribution in [2.45, 2.75) is 32.8 Å². The Hall–Kier alpha value is -3.73. The van der Waals surface area contributed by atoms with E-state index in [2.05, 4.69) is 15.9 Å². The van der Waals surface area contributed by atoms with Crippen LogP contribution in [0.4, 0.5) is 26.3 Å². The van der Waals surface area contributed by atoms with Gasteiger partial charge in [-0.2, -0.15) is 26.3 Å². The number of aromatic nitrogens is 1. The van der Waals surface area contributed by atoms with Crippen molar-refractivity contribution in [3.8, 4) is 22.7 Å². The van der Waals surface area contributed by atoms with Gasteiger partial charge in [-0.3, -0.25) is 0 Å². The van der Waals surface area contributed by atoms with Crippen molar-refractivity contribution in [3.05, 3.63) is 105 Å². The van der Waals surface area contributed by atoms with Crippen molar-refractivity contribution in [3.63, 3.8) is 0 Å². The average Bonchev–Trinajstić information content (AvgIpc) is 3.28. The van der Waals surface area contributed by atoms with Gasteiger partial charge < -0.3 is 14.0 Å². The molecule has 0 amide bonds. The highest BCUT2D eigenvalue weighted by molar-refractivity contribution is 9.10. The fourth-order valence-corrected chi connectivity index (χ4v) is 4.57. The van der Waals surface area contributed by atoms with Crippen molar-refractivity contribution in [2.75, 3.05) is 6.61 Å².